The number of nitrogens with two attached hydrogens (primary N) is 1. The van der Waals surface area contributed by atoms with E-state index in [1.54, 1.807) is 39.8 Å². The van der Waals surface area contributed by atoms with E-state index in [4.69, 9.17) is 10.5 Å². The van der Waals surface area contributed by atoms with Crippen LogP contribution in [-0.2, 0) is 11.2 Å². The lowest BCUT2D eigenvalue weighted by Gasteiger charge is -2.29. The Morgan fingerprint density at radius 2 is 1.94 bits per heavy atom. The number of fused-ring (bicyclic) bond motifs is 2. The van der Waals surface area contributed by atoms with Crippen molar-refractivity contribution < 1.29 is 23.8 Å². The van der Waals surface area contributed by atoms with Crippen LogP contribution in [-0.4, -0.2) is 39.4 Å². The van der Waals surface area contributed by atoms with Crippen molar-refractivity contribution in [2.45, 2.75) is 46.1 Å². The molecule has 0 aliphatic carbocycles. The van der Waals surface area contributed by atoms with Gasteiger partial charge in [0, 0.05) is 35.5 Å². The number of amides is 2. The minimum atomic E-state index is -1.09. The number of anilines is 3. The lowest BCUT2D eigenvalue weighted by molar-refractivity contribution is 0.0635. The van der Waals surface area contributed by atoms with Crippen molar-refractivity contribution in [3.8, 4) is 11.1 Å². The van der Waals surface area contributed by atoms with Crippen LogP contribution >= 0.6 is 0 Å². The molecule has 3 aromatic rings. The van der Waals surface area contributed by atoms with Crippen LogP contribution in [0.25, 0.3) is 21.9 Å². The van der Waals surface area contributed by atoms with Gasteiger partial charge in [-0.05, 0) is 63.6 Å². The first-order chi connectivity index (χ1) is 16.0. The molecule has 3 heterocycles. The van der Waals surface area contributed by atoms with E-state index in [2.05, 4.69) is 15.3 Å². The van der Waals surface area contributed by atoms with E-state index in [9.17, 15) is 14.7 Å². The van der Waals surface area contributed by atoms with Crippen LogP contribution in [0.1, 0.15) is 38.4 Å². The second kappa shape index (κ2) is 8.44. The number of aromatic nitrogens is 2. The fourth-order valence-electron chi connectivity index (χ4n) is 4.18. The number of hydrogen-bond acceptors (Lipinski definition) is 6. The maximum absolute atomic E-state index is 16.0. The number of carbonyl (C=O) groups is 2. The van der Waals surface area contributed by atoms with Gasteiger partial charge in [-0.25, -0.2) is 19.0 Å². The normalized spacial score (nSPS) is 13.5. The largest absolute Gasteiger partial charge is 0.465 e. The number of aryl methyl sites for hydroxylation is 1. The van der Waals surface area contributed by atoms with E-state index in [-0.39, 0.29) is 17.1 Å². The molecular weight excluding hydrogens is 441 g/mol. The zero-order valence-electron chi connectivity index (χ0n) is 19.4. The molecule has 1 aliphatic rings. The highest BCUT2D eigenvalue weighted by atomic mass is 19.1. The number of rotatable bonds is 2. The average Bonchev–Trinajstić information content (AvgIpc) is 2.74. The number of carbonyl (C=O) groups excluding carboxylic acids is 1. The Labute approximate surface area is 195 Å². The van der Waals surface area contributed by atoms with Gasteiger partial charge in [-0.2, -0.15) is 0 Å². The smallest absolute Gasteiger partial charge is 0.412 e. The van der Waals surface area contributed by atoms with Gasteiger partial charge in [-0.15, -0.1) is 0 Å². The Balaban J connectivity index is 1.92. The van der Waals surface area contributed by atoms with Crippen molar-refractivity contribution in [3.63, 3.8) is 0 Å². The molecule has 0 radical (unpaired) electrons. The van der Waals surface area contributed by atoms with Crippen molar-refractivity contribution in [2.75, 3.05) is 22.5 Å². The first kappa shape index (κ1) is 23.2. The van der Waals surface area contributed by atoms with Gasteiger partial charge in [0.2, 0.25) is 0 Å². The number of nitrogens with zero attached hydrogens (tertiary/aromatic N) is 3. The Morgan fingerprint density at radius 1 is 1.21 bits per heavy atom. The molecule has 0 unspecified atom stereocenters. The lowest BCUT2D eigenvalue weighted by atomic mass is 9.94. The zero-order chi connectivity index (χ0) is 24.8. The van der Waals surface area contributed by atoms with Gasteiger partial charge < -0.3 is 15.6 Å². The molecule has 1 aromatic carbocycles. The molecule has 178 valence electrons. The van der Waals surface area contributed by atoms with E-state index >= 15 is 4.39 Å². The highest BCUT2D eigenvalue weighted by Crippen LogP contribution is 2.40. The van der Waals surface area contributed by atoms with Crippen LogP contribution in [0.2, 0.25) is 0 Å². The van der Waals surface area contributed by atoms with Crippen molar-refractivity contribution in [3.05, 3.63) is 41.6 Å². The molecule has 4 rings (SSSR count). The first-order valence-corrected chi connectivity index (χ1v) is 10.8. The molecule has 0 atom stereocenters. The minimum absolute atomic E-state index is 0.110. The molecule has 1 aliphatic heterocycles. The van der Waals surface area contributed by atoms with Crippen LogP contribution in [0.3, 0.4) is 0 Å². The third-order valence-corrected chi connectivity index (χ3v) is 5.58. The van der Waals surface area contributed by atoms with Gasteiger partial charge in [-0.1, -0.05) is 0 Å². The molecule has 0 saturated carbocycles. The lowest BCUT2D eigenvalue weighted by Crippen LogP contribution is -2.35. The highest BCUT2D eigenvalue weighted by Gasteiger charge is 2.28. The maximum Gasteiger partial charge on any atom is 0.412 e. The summed E-state index contributed by atoms with van der Waals surface area (Å²) in [5.74, 6) is -0.488. The van der Waals surface area contributed by atoms with Gasteiger partial charge >= 0.3 is 12.2 Å². The van der Waals surface area contributed by atoms with Gasteiger partial charge in [0.05, 0.1) is 17.1 Å². The monoisotopic (exact) mass is 467 g/mol. The predicted octanol–water partition coefficient (Wildman–Crippen LogP) is 5.10. The molecule has 0 spiro atoms. The second-order valence-corrected chi connectivity index (χ2v) is 9.20. The summed E-state index contributed by atoms with van der Waals surface area (Å²) in [6.07, 6.45) is 2.30. The topological polar surface area (TPSA) is 131 Å². The molecule has 0 fully saturated rings. The Bertz CT molecular complexity index is 1320. The van der Waals surface area contributed by atoms with Crippen molar-refractivity contribution in [2.24, 2.45) is 0 Å². The second-order valence-electron chi connectivity index (χ2n) is 9.20. The van der Waals surface area contributed by atoms with E-state index < -0.39 is 23.6 Å². The van der Waals surface area contributed by atoms with Crippen LogP contribution in [0.4, 0.5) is 31.2 Å². The number of hydrogen-bond donors (Lipinski definition) is 3. The van der Waals surface area contributed by atoms with E-state index in [1.807, 2.05) is 0 Å². The van der Waals surface area contributed by atoms with Gasteiger partial charge in [-0.3, -0.25) is 15.2 Å². The summed E-state index contributed by atoms with van der Waals surface area (Å²) in [7, 11) is 0. The number of benzene rings is 1. The van der Waals surface area contributed by atoms with Crippen LogP contribution in [0.15, 0.2) is 24.5 Å². The molecule has 2 aromatic heterocycles. The van der Waals surface area contributed by atoms with Gasteiger partial charge in [0.1, 0.15) is 11.4 Å². The fourth-order valence-corrected chi connectivity index (χ4v) is 4.18. The highest BCUT2D eigenvalue weighted by molar-refractivity contribution is 6.04. The molecular formula is C24H26FN5O4. The van der Waals surface area contributed by atoms with Crippen LogP contribution < -0.4 is 16.0 Å². The molecule has 34 heavy (non-hydrogen) atoms. The summed E-state index contributed by atoms with van der Waals surface area (Å²) in [5.41, 5.74) is 7.22. The summed E-state index contributed by atoms with van der Waals surface area (Å²) in [6, 6.07) is 3.16. The number of nitrogen functional groups attached to an aromatic ring is 1. The summed E-state index contributed by atoms with van der Waals surface area (Å²) in [5, 5.41) is 13.1. The number of pyridine rings is 2. The van der Waals surface area contributed by atoms with Crippen molar-refractivity contribution >= 4 is 40.2 Å². The zero-order valence-corrected chi connectivity index (χ0v) is 19.4. The number of carboxylic acid groups (broad SMARTS) is 1. The fraction of sp³-hybridized carbons (Fsp3) is 0.333. The average molecular weight is 468 g/mol. The Kier molecular flexibility index (Phi) is 5.76. The third kappa shape index (κ3) is 4.30. The van der Waals surface area contributed by atoms with E-state index in [0.29, 0.717) is 52.7 Å². The maximum atomic E-state index is 16.0. The van der Waals surface area contributed by atoms with E-state index in [1.165, 1.54) is 17.3 Å². The standard InChI is InChI=1S/C24H26FN5O4/c1-12-15(10-27-17-6-5-7-30(21(12)17)23(32)33)14-8-13-9-18(26)28-11-16(13)20(19(14)25)29-22(31)34-24(2,3)4/h8-11H,5-7H2,1-4H3,(H2,26,28)(H,29,31)(H,32,33). The van der Waals surface area contributed by atoms with Crippen LogP contribution in [0, 0.1) is 12.7 Å². The SMILES string of the molecule is Cc1c(-c2cc3cc(N)ncc3c(NC(=O)OC(C)(C)C)c2F)cnc2c1N(C(=O)O)CCC2. The molecule has 0 bridgehead atoms. The summed E-state index contributed by atoms with van der Waals surface area (Å²) in [4.78, 5) is 34.0. The van der Waals surface area contributed by atoms with Crippen molar-refractivity contribution in [1.82, 2.24) is 9.97 Å². The Hall–Kier alpha value is -3.95. The number of ether oxygens (including phenoxy) is 1. The summed E-state index contributed by atoms with van der Waals surface area (Å²) >= 11 is 0. The number of halogens is 1. The molecule has 10 heteroatoms. The van der Waals surface area contributed by atoms with Crippen LogP contribution in [0.5, 0.6) is 0 Å². The quantitative estimate of drug-likeness (QED) is 0.478. The summed E-state index contributed by atoms with van der Waals surface area (Å²) < 4.78 is 21.3. The summed E-state index contributed by atoms with van der Waals surface area (Å²) in [6.45, 7) is 7.19. The van der Waals surface area contributed by atoms with Gasteiger partial charge in [0.15, 0.2) is 5.82 Å². The minimum Gasteiger partial charge on any atom is -0.465 e. The number of nitrogens with one attached hydrogen (secondary N) is 1. The molecule has 9 nitrogen and oxygen atoms in total. The van der Waals surface area contributed by atoms with Crippen molar-refractivity contribution in [1.29, 1.82) is 0 Å². The first-order valence-electron chi connectivity index (χ1n) is 10.8. The Morgan fingerprint density at radius 3 is 2.62 bits per heavy atom. The molecule has 0 saturated heterocycles. The molecule has 2 amide bonds. The van der Waals surface area contributed by atoms with Gasteiger partial charge in [0.25, 0.3) is 0 Å². The van der Waals surface area contributed by atoms with E-state index in [0.717, 1.165) is 0 Å². The third-order valence-electron chi connectivity index (χ3n) is 5.58. The molecule has 4 N–H and O–H groups in total. The predicted molar refractivity (Wildman–Crippen MR) is 128 cm³/mol.